The van der Waals surface area contributed by atoms with Crippen molar-refractivity contribution in [2.24, 2.45) is 0 Å². The molecule has 2 N–H and O–H groups in total. The van der Waals surface area contributed by atoms with Crippen molar-refractivity contribution in [1.29, 1.82) is 0 Å². The molecule has 33 heavy (non-hydrogen) atoms. The summed E-state index contributed by atoms with van der Waals surface area (Å²) in [6.45, 7) is 7.36. The molecule has 0 saturated carbocycles. The van der Waals surface area contributed by atoms with Crippen molar-refractivity contribution in [3.63, 3.8) is 0 Å². The Kier molecular flexibility index (Phi) is 8.10. The molecule has 0 bridgehead atoms. The van der Waals surface area contributed by atoms with Crippen LogP contribution in [0, 0.1) is 20.8 Å². The van der Waals surface area contributed by atoms with E-state index in [-0.39, 0.29) is 23.3 Å². The second-order valence-electron chi connectivity index (χ2n) is 8.37. The molecule has 0 saturated heterocycles. The van der Waals surface area contributed by atoms with Gasteiger partial charge in [0.2, 0.25) is 15.9 Å². The fourth-order valence-corrected chi connectivity index (χ4v) is 5.94. The van der Waals surface area contributed by atoms with E-state index in [0.717, 1.165) is 21.2 Å². The van der Waals surface area contributed by atoms with Crippen molar-refractivity contribution in [3.8, 4) is 0 Å². The standard InChI is InChI=1S/C26H29BrN2O3S/c1-17-14-18(2)25(19(3)15-17)33(31,32)29-24(16-21-8-6-5-7-9-21)26(30)28-20(4)22-10-12-23(27)13-11-22/h5-15,20,24,29H,16H2,1-4H3,(H,28,30)/t20-,24+/m1/s1. The predicted molar refractivity (Wildman–Crippen MR) is 136 cm³/mol. The highest BCUT2D eigenvalue weighted by molar-refractivity contribution is 9.10. The van der Waals surface area contributed by atoms with Crippen molar-refractivity contribution in [2.75, 3.05) is 0 Å². The maximum absolute atomic E-state index is 13.4. The van der Waals surface area contributed by atoms with E-state index < -0.39 is 16.1 Å². The highest BCUT2D eigenvalue weighted by Crippen LogP contribution is 2.23. The van der Waals surface area contributed by atoms with E-state index in [4.69, 9.17) is 0 Å². The monoisotopic (exact) mass is 528 g/mol. The molecule has 174 valence electrons. The van der Waals surface area contributed by atoms with Gasteiger partial charge in [-0.05, 0) is 68.5 Å². The zero-order valence-corrected chi connectivity index (χ0v) is 21.6. The summed E-state index contributed by atoms with van der Waals surface area (Å²) in [6, 6.07) is 19.5. The summed E-state index contributed by atoms with van der Waals surface area (Å²) in [5.74, 6) is -0.375. The fraction of sp³-hybridized carbons (Fsp3) is 0.269. The van der Waals surface area contributed by atoms with Gasteiger partial charge in [0.15, 0.2) is 0 Å². The molecule has 5 nitrogen and oxygen atoms in total. The van der Waals surface area contributed by atoms with E-state index in [1.165, 1.54) is 0 Å². The van der Waals surface area contributed by atoms with E-state index >= 15 is 0 Å². The Balaban J connectivity index is 1.89. The average Bonchev–Trinajstić information content (AvgIpc) is 2.73. The molecule has 7 heteroatoms. The first-order chi connectivity index (χ1) is 15.6. The van der Waals surface area contributed by atoms with E-state index in [9.17, 15) is 13.2 Å². The normalized spacial score (nSPS) is 13.4. The first-order valence-corrected chi connectivity index (χ1v) is 13.0. The molecule has 0 unspecified atom stereocenters. The van der Waals surface area contributed by atoms with Crippen LogP contribution in [0.3, 0.4) is 0 Å². The van der Waals surface area contributed by atoms with Gasteiger partial charge < -0.3 is 5.32 Å². The molecule has 0 radical (unpaired) electrons. The second-order valence-corrected chi connectivity index (χ2v) is 10.9. The highest BCUT2D eigenvalue weighted by atomic mass is 79.9. The molecule has 0 aromatic heterocycles. The molecular formula is C26H29BrN2O3S. The van der Waals surface area contributed by atoms with Gasteiger partial charge in [0.25, 0.3) is 0 Å². The number of nitrogens with one attached hydrogen (secondary N) is 2. The Morgan fingerprint density at radius 1 is 0.939 bits per heavy atom. The van der Waals surface area contributed by atoms with E-state index in [0.29, 0.717) is 11.1 Å². The number of aryl methyl sites for hydroxylation is 3. The Morgan fingerprint density at radius 3 is 2.09 bits per heavy atom. The van der Waals surface area contributed by atoms with Crippen LogP contribution >= 0.6 is 15.9 Å². The number of amides is 1. The van der Waals surface area contributed by atoms with E-state index in [2.05, 4.69) is 26.0 Å². The third-order valence-electron chi connectivity index (χ3n) is 5.50. The molecule has 0 heterocycles. The maximum atomic E-state index is 13.4. The van der Waals surface area contributed by atoms with Crippen LogP contribution in [0.15, 0.2) is 76.1 Å². The minimum absolute atomic E-state index is 0.222. The number of carbonyl (C=O) groups excluding carboxylic acids is 1. The van der Waals surface area contributed by atoms with Crippen molar-refractivity contribution >= 4 is 31.9 Å². The van der Waals surface area contributed by atoms with Crippen LogP contribution in [0.2, 0.25) is 0 Å². The molecule has 0 aliphatic heterocycles. The van der Waals surface area contributed by atoms with Crippen LogP contribution in [-0.2, 0) is 21.2 Å². The molecule has 1 amide bonds. The summed E-state index contributed by atoms with van der Waals surface area (Å²) in [5, 5.41) is 2.97. The Bertz CT molecular complexity index is 1200. The first-order valence-electron chi connectivity index (χ1n) is 10.8. The smallest absolute Gasteiger partial charge is 0.241 e. The van der Waals surface area contributed by atoms with Crippen LogP contribution in [0.25, 0.3) is 0 Å². The van der Waals surface area contributed by atoms with Gasteiger partial charge in [-0.2, -0.15) is 4.72 Å². The second kappa shape index (κ2) is 10.6. The number of hydrogen-bond donors (Lipinski definition) is 2. The molecule has 0 fully saturated rings. The van der Waals surface area contributed by atoms with Gasteiger partial charge in [0.1, 0.15) is 6.04 Å². The molecule has 0 aliphatic carbocycles. The zero-order chi connectivity index (χ0) is 24.2. The molecule has 3 rings (SSSR count). The number of hydrogen-bond acceptors (Lipinski definition) is 3. The largest absolute Gasteiger partial charge is 0.348 e. The van der Waals surface area contributed by atoms with Gasteiger partial charge in [0, 0.05) is 4.47 Å². The third-order valence-corrected chi connectivity index (χ3v) is 7.80. The highest BCUT2D eigenvalue weighted by Gasteiger charge is 2.29. The van der Waals surface area contributed by atoms with Crippen LogP contribution < -0.4 is 10.0 Å². The molecule has 3 aromatic carbocycles. The summed E-state index contributed by atoms with van der Waals surface area (Å²) in [4.78, 5) is 13.5. The van der Waals surface area contributed by atoms with Gasteiger partial charge in [-0.25, -0.2) is 8.42 Å². The van der Waals surface area contributed by atoms with E-state index in [1.54, 1.807) is 13.8 Å². The van der Waals surface area contributed by atoms with Gasteiger partial charge in [-0.3, -0.25) is 4.79 Å². The minimum atomic E-state index is -3.93. The lowest BCUT2D eigenvalue weighted by Gasteiger charge is -2.23. The molecule has 3 aromatic rings. The quantitative estimate of drug-likeness (QED) is 0.424. The summed E-state index contributed by atoms with van der Waals surface area (Å²) in [5.41, 5.74) is 4.10. The molecular weight excluding hydrogens is 500 g/mol. The summed E-state index contributed by atoms with van der Waals surface area (Å²) in [6.07, 6.45) is 0.239. The lowest BCUT2D eigenvalue weighted by Crippen LogP contribution is -2.48. The van der Waals surface area contributed by atoms with Crippen LogP contribution in [0.4, 0.5) is 0 Å². The number of halogens is 1. The van der Waals surface area contributed by atoms with Crippen molar-refractivity contribution in [1.82, 2.24) is 10.0 Å². The zero-order valence-electron chi connectivity index (χ0n) is 19.2. The molecule has 0 aliphatic rings. The van der Waals surface area contributed by atoms with Gasteiger partial charge in [-0.15, -0.1) is 0 Å². The first kappa shape index (κ1) is 25.1. The van der Waals surface area contributed by atoms with Crippen molar-refractivity contribution < 1.29 is 13.2 Å². The van der Waals surface area contributed by atoms with Gasteiger partial charge >= 0.3 is 0 Å². The van der Waals surface area contributed by atoms with Crippen LogP contribution in [0.5, 0.6) is 0 Å². The predicted octanol–water partition coefficient (Wildman–Crippen LogP) is 5.14. The SMILES string of the molecule is Cc1cc(C)c(S(=O)(=O)N[C@@H](Cc2ccccc2)C(=O)N[C@H](C)c2ccc(Br)cc2)c(C)c1. The van der Waals surface area contributed by atoms with Crippen LogP contribution in [-0.4, -0.2) is 20.4 Å². The fourth-order valence-electron chi connectivity index (χ4n) is 4.02. The van der Waals surface area contributed by atoms with Crippen LogP contribution in [0.1, 0.15) is 40.8 Å². The summed E-state index contributed by atoms with van der Waals surface area (Å²) >= 11 is 3.41. The van der Waals surface area contributed by atoms with Crippen molar-refractivity contribution in [2.45, 2.75) is 51.1 Å². The lowest BCUT2D eigenvalue weighted by molar-refractivity contribution is -0.123. The van der Waals surface area contributed by atoms with E-state index in [1.807, 2.05) is 80.6 Å². The van der Waals surface area contributed by atoms with Crippen molar-refractivity contribution in [3.05, 3.63) is 99.0 Å². The Morgan fingerprint density at radius 2 is 1.52 bits per heavy atom. The van der Waals surface area contributed by atoms with Gasteiger partial charge in [-0.1, -0.05) is 76.1 Å². The molecule has 0 spiro atoms. The lowest BCUT2D eigenvalue weighted by atomic mass is 10.0. The summed E-state index contributed by atoms with van der Waals surface area (Å²) in [7, 11) is -3.93. The number of rotatable bonds is 8. The number of carbonyl (C=O) groups is 1. The number of benzene rings is 3. The third kappa shape index (κ3) is 6.53. The Labute approximate surface area is 204 Å². The average molecular weight is 530 g/mol. The number of sulfonamides is 1. The summed E-state index contributed by atoms with van der Waals surface area (Å²) < 4.78 is 30.4. The minimum Gasteiger partial charge on any atom is -0.348 e. The topological polar surface area (TPSA) is 75.3 Å². The molecule has 2 atom stereocenters. The Hall–Kier alpha value is -2.48. The maximum Gasteiger partial charge on any atom is 0.241 e. The van der Waals surface area contributed by atoms with Gasteiger partial charge in [0.05, 0.1) is 10.9 Å².